The molecule has 0 radical (unpaired) electrons. The Balaban J connectivity index is 0.000000604. The van der Waals surface area contributed by atoms with E-state index >= 15 is 0 Å². The fourth-order valence-corrected chi connectivity index (χ4v) is 4.27. The highest BCUT2D eigenvalue weighted by atomic mass is 32.2. The maximum Gasteiger partial charge on any atom is 0.412 e. The van der Waals surface area contributed by atoms with Crippen LogP contribution in [0.25, 0.3) is 4.91 Å². The van der Waals surface area contributed by atoms with Crippen molar-refractivity contribution in [3.8, 4) is 0 Å². The zero-order chi connectivity index (χ0) is 27.8. The molecule has 37 heavy (non-hydrogen) atoms. The number of ether oxygens (including phenoxy) is 1. The largest absolute Gasteiger partial charge is 0.444 e. The molecule has 3 rings (SSSR count). The summed E-state index contributed by atoms with van der Waals surface area (Å²) < 4.78 is 5.36. The van der Waals surface area contributed by atoms with Gasteiger partial charge in [-0.1, -0.05) is 32.9 Å². The standard InChI is InChI=1S/C23H26N2O3S2.C5H11NO/c1-23(2,3)28-22(27)25-18-12-9-16(20-6-5-13-30-20)14-19(18)24-21(26)15-7-10-17(29-4)11-8-15;1-5(2,3)4(6)7/h6-12,14H,5,13H2,1-4H3,(H,24,26)(H,25,27);1-3H3,(H2,6,7). The van der Waals surface area contributed by atoms with E-state index in [1.165, 1.54) is 4.91 Å². The summed E-state index contributed by atoms with van der Waals surface area (Å²) >= 11 is 3.41. The number of amides is 3. The molecule has 0 fully saturated rings. The van der Waals surface area contributed by atoms with Crippen molar-refractivity contribution in [3.63, 3.8) is 0 Å². The van der Waals surface area contributed by atoms with Gasteiger partial charge >= 0.3 is 6.09 Å². The Bertz CT molecular complexity index is 1150. The quantitative estimate of drug-likeness (QED) is 0.350. The van der Waals surface area contributed by atoms with Gasteiger partial charge < -0.3 is 15.8 Å². The van der Waals surface area contributed by atoms with Crippen LogP contribution in [0.4, 0.5) is 16.2 Å². The topological polar surface area (TPSA) is 111 Å². The first-order valence-electron chi connectivity index (χ1n) is 11.9. The molecular formula is C28H37N3O4S2. The number of nitrogens with two attached hydrogens (primary N) is 1. The van der Waals surface area contributed by atoms with Gasteiger partial charge in [0.25, 0.3) is 5.91 Å². The van der Waals surface area contributed by atoms with Crippen LogP contribution >= 0.6 is 23.5 Å². The Morgan fingerprint density at radius 1 is 0.946 bits per heavy atom. The Morgan fingerprint density at radius 2 is 1.57 bits per heavy atom. The van der Waals surface area contributed by atoms with Gasteiger partial charge in [0, 0.05) is 26.5 Å². The number of carbonyl (C=O) groups excluding carboxylic acids is 3. The van der Waals surface area contributed by atoms with Gasteiger partial charge in [-0.15, -0.1) is 23.5 Å². The molecule has 2 aromatic rings. The molecule has 0 aromatic heterocycles. The minimum Gasteiger partial charge on any atom is -0.444 e. The van der Waals surface area contributed by atoms with Crippen molar-refractivity contribution < 1.29 is 19.1 Å². The van der Waals surface area contributed by atoms with Crippen LogP contribution in [0.1, 0.15) is 63.9 Å². The normalized spacial score (nSPS) is 13.1. The Hall–Kier alpha value is -2.91. The molecule has 0 unspecified atom stereocenters. The average Bonchev–Trinajstić information content (AvgIpc) is 3.34. The summed E-state index contributed by atoms with van der Waals surface area (Å²) in [5.41, 5.74) is 6.55. The van der Waals surface area contributed by atoms with Crippen LogP contribution in [0.3, 0.4) is 0 Å². The van der Waals surface area contributed by atoms with E-state index in [0.29, 0.717) is 16.9 Å². The van der Waals surface area contributed by atoms with Crippen molar-refractivity contribution in [2.24, 2.45) is 11.1 Å². The fourth-order valence-electron chi connectivity index (χ4n) is 2.88. The van der Waals surface area contributed by atoms with Crippen molar-refractivity contribution in [1.82, 2.24) is 0 Å². The third-order valence-corrected chi connectivity index (χ3v) is 6.88. The molecule has 200 valence electrons. The molecule has 1 aliphatic heterocycles. The molecule has 0 aliphatic carbocycles. The number of hydrogen-bond donors (Lipinski definition) is 3. The SMILES string of the molecule is CC(C)(C)C(N)=O.CSc1ccc(C(=O)Nc2cc(C3=CCCS3)ccc2NC(=O)OC(C)(C)C)cc1. The molecule has 4 N–H and O–H groups in total. The lowest BCUT2D eigenvalue weighted by molar-refractivity contribution is -0.125. The molecule has 1 heterocycles. The van der Waals surface area contributed by atoms with Crippen LogP contribution in [0.15, 0.2) is 53.4 Å². The van der Waals surface area contributed by atoms with E-state index in [-0.39, 0.29) is 17.2 Å². The summed E-state index contributed by atoms with van der Waals surface area (Å²) in [5.74, 6) is 0.559. The van der Waals surface area contributed by atoms with E-state index < -0.39 is 11.7 Å². The molecule has 9 heteroatoms. The number of allylic oxidation sites excluding steroid dienone is 1. The first kappa shape index (κ1) is 30.3. The Labute approximate surface area is 228 Å². The molecule has 0 saturated heterocycles. The lowest BCUT2D eigenvalue weighted by atomic mass is 9.96. The molecule has 1 aliphatic rings. The number of anilines is 2. The first-order chi connectivity index (χ1) is 17.2. The second-order valence-corrected chi connectivity index (χ2v) is 12.4. The van der Waals surface area contributed by atoms with E-state index in [1.54, 1.807) is 83.3 Å². The molecule has 0 atom stereocenters. The van der Waals surface area contributed by atoms with Crippen molar-refractivity contribution in [2.45, 2.75) is 58.5 Å². The number of carbonyl (C=O) groups is 3. The third kappa shape index (κ3) is 10.2. The predicted octanol–water partition coefficient (Wildman–Crippen LogP) is 7.00. The molecule has 0 spiro atoms. The highest BCUT2D eigenvalue weighted by Gasteiger charge is 2.19. The Morgan fingerprint density at radius 3 is 2.05 bits per heavy atom. The van der Waals surface area contributed by atoms with Crippen LogP contribution in [-0.4, -0.2) is 35.5 Å². The van der Waals surface area contributed by atoms with Crippen LogP contribution in [0, 0.1) is 5.41 Å². The molecular weight excluding hydrogens is 506 g/mol. The number of hydrogen-bond acceptors (Lipinski definition) is 6. The Kier molecular flexibility index (Phi) is 10.7. The van der Waals surface area contributed by atoms with Gasteiger partial charge in [0.1, 0.15) is 5.60 Å². The zero-order valence-corrected chi connectivity index (χ0v) is 24.2. The molecule has 7 nitrogen and oxygen atoms in total. The van der Waals surface area contributed by atoms with E-state index in [1.807, 2.05) is 30.5 Å². The molecule has 3 amide bonds. The smallest absolute Gasteiger partial charge is 0.412 e. The van der Waals surface area contributed by atoms with Gasteiger partial charge in [-0.05, 0) is 75.4 Å². The summed E-state index contributed by atoms with van der Waals surface area (Å²) in [6.07, 6.45) is 4.64. The number of nitrogens with one attached hydrogen (secondary N) is 2. The van der Waals surface area contributed by atoms with Gasteiger partial charge in [0.15, 0.2) is 0 Å². The van der Waals surface area contributed by atoms with Crippen LogP contribution in [0.5, 0.6) is 0 Å². The summed E-state index contributed by atoms with van der Waals surface area (Å²) in [5, 5.41) is 5.70. The van der Waals surface area contributed by atoms with Crippen LogP contribution < -0.4 is 16.4 Å². The summed E-state index contributed by atoms with van der Waals surface area (Å²) in [7, 11) is 0. The van der Waals surface area contributed by atoms with Crippen molar-refractivity contribution in [3.05, 3.63) is 59.7 Å². The minimum absolute atomic E-state index is 0.236. The monoisotopic (exact) mass is 543 g/mol. The summed E-state index contributed by atoms with van der Waals surface area (Å²) in [6, 6.07) is 13.0. The van der Waals surface area contributed by atoms with Gasteiger partial charge in [0.2, 0.25) is 5.91 Å². The summed E-state index contributed by atoms with van der Waals surface area (Å²) in [6.45, 7) is 10.8. The molecule has 0 saturated carbocycles. The fraction of sp³-hybridized carbons (Fsp3) is 0.393. The van der Waals surface area contributed by atoms with Crippen molar-refractivity contribution in [2.75, 3.05) is 22.6 Å². The van der Waals surface area contributed by atoms with E-state index in [4.69, 9.17) is 10.5 Å². The van der Waals surface area contributed by atoms with Crippen molar-refractivity contribution in [1.29, 1.82) is 0 Å². The first-order valence-corrected chi connectivity index (χ1v) is 14.1. The third-order valence-electron chi connectivity index (χ3n) is 4.98. The van der Waals surface area contributed by atoms with Gasteiger partial charge in [-0.25, -0.2) is 4.79 Å². The van der Waals surface area contributed by atoms with E-state index in [9.17, 15) is 14.4 Å². The van der Waals surface area contributed by atoms with Gasteiger partial charge in [0.05, 0.1) is 11.4 Å². The van der Waals surface area contributed by atoms with Gasteiger partial charge in [-0.2, -0.15) is 0 Å². The maximum atomic E-state index is 12.8. The predicted molar refractivity (Wildman–Crippen MR) is 156 cm³/mol. The lowest BCUT2D eigenvalue weighted by Gasteiger charge is -2.21. The molecule has 0 bridgehead atoms. The number of benzene rings is 2. The molecule has 2 aromatic carbocycles. The highest BCUT2D eigenvalue weighted by molar-refractivity contribution is 8.08. The van der Waals surface area contributed by atoms with E-state index in [2.05, 4.69) is 16.7 Å². The van der Waals surface area contributed by atoms with Gasteiger partial charge in [-0.3, -0.25) is 14.9 Å². The second-order valence-electron chi connectivity index (χ2n) is 10.4. The highest BCUT2D eigenvalue weighted by Crippen LogP contribution is 2.37. The zero-order valence-electron chi connectivity index (χ0n) is 22.6. The summed E-state index contributed by atoms with van der Waals surface area (Å²) in [4.78, 5) is 37.6. The minimum atomic E-state index is -0.613. The second kappa shape index (κ2) is 13.1. The number of primary amides is 1. The number of thioether (sulfide) groups is 2. The van der Waals surface area contributed by atoms with Crippen molar-refractivity contribution >= 4 is 57.7 Å². The number of rotatable bonds is 5. The maximum absolute atomic E-state index is 12.8. The lowest BCUT2D eigenvalue weighted by Crippen LogP contribution is -2.27. The van der Waals surface area contributed by atoms with Crippen LogP contribution in [0.2, 0.25) is 0 Å². The van der Waals surface area contributed by atoms with Crippen LogP contribution in [-0.2, 0) is 9.53 Å². The average molecular weight is 544 g/mol. The van der Waals surface area contributed by atoms with E-state index in [0.717, 1.165) is 22.6 Å².